The Morgan fingerprint density at radius 1 is 1.00 bits per heavy atom. The van der Waals surface area contributed by atoms with E-state index >= 15 is 0 Å². The standard InChI is InChI=1S/C19H14N4O3/c1-23-14-8-3-2-7-12(14)17(24)15(19(23)26)16-13(18(25)22-21-16)10-11-6-4-5-9-20-11/h2-10,21H,1H3,(H,22,25)/b13-10-,16-15?. The maximum atomic E-state index is 12.9. The van der Waals surface area contributed by atoms with Gasteiger partial charge in [-0.15, -0.1) is 0 Å². The fourth-order valence-corrected chi connectivity index (χ4v) is 3.00. The highest BCUT2D eigenvalue weighted by atomic mass is 16.2. The van der Waals surface area contributed by atoms with Crippen LogP contribution in [0.25, 0.3) is 11.6 Å². The Bertz CT molecular complexity index is 1210. The molecule has 1 aliphatic rings. The number of benzene rings is 1. The van der Waals surface area contributed by atoms with Crippen molar-refractivity contribution in [2.75, 3.05) is 11.9 Å². The second-order valence-corrected chi connectivity index (χ2v) is 5.85. The Balaban J connectivity index is 2.06. The van der Waals surface area contributed by atoms with Gasteiger partial charge in [-0.2, -0.15) is 0 Å². The number of hydrogen-bond donors (Lipinski definition) is 2. The van der Waals surface area contributed by atoms with Crippen LogP contribution >= 0.6 is 0 Å². The molecule has 7 heteroatoms. The van der Waals surface area contributed by atoms with Gasteiger partial charge in [-0.25, -0.2) is 0 Å². The van der Waals surface area contributed by atoms with Gasteiger partial charge in [-0.05, 0) is 30.3 Å². The predicted molar refractivity (Wildman–Crippen MR) is 96.1 cm³/mol. The minimum absolute atomic E-state index is 0.0771. The third-order valence-corrected chi connectivity index (χ3v) is 4.30. The number of fused-ring (bicyclic) bond motifs is 1. The summed E-state index contributed by atoms with van der Waals surface area (Å²) in [5.41, 5.74) is 0.991. The van der Waals surface area contributed by atoms with Crippen molar-refractivity contribution in [1.82, 2.24) is 15.2 Å². The van der Waals surface area contributed by atoms with E-state index in [1.165, 1.54) is 4.90 Å². The van der Waals surface area contributed by atoms with E-state index in [1.54, 1.807) is 61.8 Å². The van der Waals surface area contributed by atoms with Crippen LogP contribution in [-0.4, -0.2) is 33.9 Å². The van der Waals surface area contributed by atoms with E-state index in [0.29, 0.717) is 16.9 Å². The molecule has 0 spiro atoms. The summed E-state index contributed by atoms with van der Waals surface area (Å²) in [7, 11) is 1.60. The number of amides is 1. The molecule has 0 fully saturated rings. The van der Waals surface area contributed by atoms with Crippen LogP contribution in [0.3, 0.4) is 0 Å². The number of pyridine rings is 1. The Hall–Kier alpha value is -3.74. The lowest BCUT2D eigenvalue weighted by atomic mass is 9.95. The Kier molecular flexibility index (Phi) is 3.62. The van der Waals surface area contributed by atoms with Crippen molar-refractivity contribution in [2.24, 2.45) is 0 Å². The van der Waals surface area contributed by atoms with Crippen LogP contribution < -0.4 is 21.0 Å². The van der Waals surface area contributed by atoms with Crippen LogP contribution in [0, 0.1) is 0 Å². The average Bonchev–Trinajstić information content (AvgIpc) is 3.01. The van der Waals surface area contributed by atoms with Gasteiger partial charge in [-0.3, -0.25) is 29.6 Å². The van der Waals surface area contributed by atoms with Crippen LogP contribution in [0.4, 0.5) is 5.69 Å². The first-order valence-electron chi connectivity index (χ1n) is 7.93. The molecule has 1 aromatic carbocycles. The summed E-state index contributed by atoms with van der Waals surface area (Å²) < 4.78 is 0. The zero-order valence-electron chi connectivity index (χ0n) is 13.8. The van der Waals surface area contributed by atoms with Crippen LogP contribution in [0.1, 0.15) is 16.1 Å². The maximum absolute atomic E-state index is 12.9. The molecular weight excluding hydrogens is 332 g/mol. The van der Waals surface area contributed by atoms with E-state index in [1.807, 2.05) is 0 Å². The zero-order chi connectivity index (χ0) is 18.3. The lowest BCUT2D eigenvalue weighted by Crippen LogP contribution is -2.44. The highest BCUT2D eigenvalue weighted by molar-refractivity contribution is 6.51. The fraction of sp³-hybridized carbons (Fsp3) is 0.0526. The van der Waals surface area contributed by atoms with Crippen molar-refractivity contribution in [3.8, 4) is 0 Å². The van der Waals surface area contributed by atoms with E-state index in [4.69, 9.17) is 0 Å². The topological polar surface area (TPSA) is 98.9 Å². The molecule has 3 aromatic rings. The van der Waals surface area contributed by atoms with Gasteiger partial charge in [0.2, 0.25) is 5.78 Å². The number of rotatable bonds is 1. The number of carbonyl (C=O) groups is 2. The van der Waals surface area contributed by atoms with Crippen molar-refractivity contribution in [3.63, 3.8) is 0 Å². The molecule has 2 N–H and O–H groups in total. The molecule has 0 saturated carbocycles. The molecular formula is C19H14N4O3. The Labute approximate surface area is 147 Å². The summed E-state index contributed by atoms with van der Waals surface area (Å²) in [4.78, 5) is 43.5. The monoisotopic (exact) mass is 346 g/mol. The normalized spacial score (nSPS) is 16.8. The summed E-state index contributed by atoms with van der Waals surface area (Å²) >= 11 is 0. The number of aromatic nitrogens is 3. The van der Waals surface area contributed by atoms with Crippen molar-refractivity contribution in [3.05, 3.63) is 80.8 Å². The molecule has 26 heavy (non-hydrogen) atoms. The lowest BCUT2D eigenvalue weighted by molar-refractivity contribution is -0.113. The zero-order valence-corrected chi connectivity index (χ0v) is 13.8. The Morgan fingerprint density at radius 2 is 1.77 bits per heavy atom. The fourth-order valence-electron chi connectivity index (χ4n) is 3.00. The molecule has 0 saturated heterocycles. The molecule has 0 aliphatic carbocycles. The molecule has 1 amide bonds. The molecule has 0 radical (unpaired) electrons. The van der Waals surface area contributed by atoms with Crippen molar-refractivity contribution < 1.29 is 9.59 Å². The Morgan fingerprint density at radius 3 is 2.54 bits per heavy atom. The van der Waals surface area contributed by atoms with Gasteiger partial charge in [0.25, 0.3) is 11.5 Å². The van der Waals surface area contributed by atoms with Gasteiger partial charge in [-0.1, -0.05) is 18.2 Å². The van der Waals surface area contributed by atoms with Gasteiger partial charge in [0.1, 0.15) is 5.57 Å². The van der Waals surface area contributed by atoms with E-state index in [0.717, 1.165) is 0 Å². The number of Topliss-reactive ketones (excluding diaryl/α,β-unsaturated/α-hetero) is 1. The predicted octanol–water partition coefficient (Wildman–Crippen LogP) is -0.0632. The van der Waals surface area contributed by atoms with Crippen LogP contribution in [-0.2, 0) is 4.79 Å². The summed E-state index contributed by atoms with van der Waals surface area (Å²) in [5, 5.41) is 5.48. The second kappa shape index (κ2) is 5.96. The summed E-state index contributed by atoms with van der Waals surface area (Å²) in [6.45, 7) is 0. The van der Waals surface area contributed by atoms with Crippen LogP contribution in [0.2, 0.25) is 0 Å². The van der Waals surface area contributed by atoms with Crippen molar-refractivity contribution in [2.45, 2.75) is 0 Å². The molecule has 3 heterocycles. The number of ketones is 1. The van der Waals surface area contributed by atoms with Gasteiger partial charge < -0.3 is 4.90 Å². The van der Waals surface area contributed by atoms with E-state index in [9.17, 15) is 14.4 Å². The highest BCUT2D eigenvalue weighted by Crippen LogP contribution is 2.28. The molecule has 0 unspecified atom stereocenters. The number of carbonyl (C=O) groups excluding carboxylic acids is 2. The molecule has 2 aromatic heterocycles. The van der Waals surface area contributed by atoms with E-state index in [2.05, 4.69) is 15.2 Å². The minimum Gasteiger partial charge on any atom is -0.310 e. The van der Waals surface area contributed by atoms with Gasteiger partial charge in [0.05, 0.1) is 21.9 Å². The largest absolute Gasteiger partial charge is 0.310 e. The highest BCUT2D eigenvalue weighted by Gasteiger charge is 2.33. The number of anilines is 1. The smallest absolute Gasteiger partial charge is 0.271 e. The number of para-hydroxylation sites is 1. The number of aromatic amines is 2. The number of H-pyrrole nitrogens is 2. The summed E-state index contributed by atoms with van der Waals surface area (Å²) in [6, 6.07) is 12.1. The van der Waals surface area contributed by atoms with Crippen molar-refractivity contribution >= 4 is 29.0 Å². The van der Waals surface area contributed by atoms with Gasteiger partial charge in [0.15, 0.2) is 0 Å². The number of hydrogen-bond acceptors (Lipinski definition) is 4. The molecule has 4 rings (SSSR count). The molecule has 1 aliphatic heterocycles. The molecule has 0 bridgehead atoms. The third kappa shape index (κ3) is 2.37. The van der Waals surface area contributed by atoms with Gasteiger partial charge in [0, 0.05) is 18.8 Å². The molecule has 0 atom stereocenters. The number of nitrogens with zero attached hydrogens (tertiary/aromatic N) is 2. The first kappa shape index (κ1) is 15.8. The summed E-state index contributed by atoms with van der Waals surface area (Å²) in [6.07, 6.45) is 3.14. The van der Waals surface area contributed by atoms with Crippen LogP contribution in [0.5, 0.6) is 0 Å². The molecule has 7 nitrogen and oxygen atoms in total. The van der Waals surface area contributed by atoms with E-state index in [-0.39, 0.29) is 16.1 Å². The SMILES string of the molecule is CN1C(=O)C(=c2[nH][nH]c(=O)/c2=C\c2ccccn2)C(=O)c2ccccc21. The number of nitrogens with one attached hydrogen (secondary N) is 2. The first-order valence-corrected chi connectivity index (χ1v) is 7.93. The molecule has 128 valence electrons. The quantitative estimate of drug-likeness (QED) is 0.645. The second-order valence-electron chi connectivity index (χ2n) is 5.85. The minimum atomic E-state index is -0.473. The van der Waals surface area contributed by atoms with E-state index < -0.39 is 17.2 Å². The van der Waals surface area contributed by atoms with Crippen LogP contribution in [0.15, 0.2) is 53.5 Å². The first-order chi connectivity index (χ1) is 12.6. The average molecular weight is 346 g/mol. The maximum Gasteiger partial charge on any atom is 0.271 e. The summed E-state index contributed by atoms with van der Waals surface area (Å²) in [5.74, 6) is -0.894. The lowest BCUT2D eigenvalue weighted by Gasteiger charge is -2.25. The van der Waals surface area contributed by atoms with Gasteiger partial charge >= 0.3 is 0 Å². The third-order valence-electron chi connectivity index (χ3n) is 4.30. The van der Waals surface area contributed by atoms with Crippen molar-refractivity contribution in [1.29, 1.82) is 0 Å².